The molecule has 0 radical (unpaired) electrons. The molecular weight excluding hydrogens is 216 g/mol. The Bertz CT molecular complexity index is 263. The first-order valence-corrected chi connectivity index (χ1v) is 3.73. The van der Waals surface area contributed by atoms with Crippen molar-refractivity contribution in [3.05, 3.63) is 28.2 Å². The highest BCUT2D eigenvalue weighted by atomic mass is 79.9. The number of anilines is 1. The fraction of sp³-hybridized carbons (Fsp3) is 0.143. The van der Waals surface area contributed by atoms with Crippen molar-refractivity contribution in [3.63, 3.8) is 0 Å². The minimum atomic E-state index is -2.50. The molecule has 1 aromatic carbocycles. The zero-order valence-electron chi connectivity index (χ0n) is 5.52. The zero-order valence-corrected chi connectivity index (χ0v) is 7.11. The van der Waals surface area contributed by atoms with Gasteiger partial charge in [0.2, 0.25) is 0 Å². The third-order valence-corrected chi connectivity index (χ3v) is 1.78. The molecule has 0 fully saturated rings. The second kappa shape index (κ2) is 3.17. The van der Waals surface area contributed by atoms with Gasteiger partial charge in [-0.15, -0.1) is 0 Å². The first-order chi connectivity index (χ1) is 5.11. The van der Waals surface area contributed by atoms with Crippen LogP contribution in [0.4, 0.5) is 14.5 Å². The molecule has 0 atom stereocenters. The minimum Gasteiger partial charge on any atom is -0.398 e. The van der Waals surface area contributed by atoms with Gasteiger partial charge in [0, 0.05) is 15.7 Å². The Labute approximate surface area is 71.3 Å². The van der Waals surface area contributed by atoms with Gasteiger partial charge in [-0.25, -0.2) is 8.78 Å². The maximum Gasteiger partial charge on any atom is 0.265 e. The van der Waals surface area contributed by atoms with E-state index in [4.69, 9.17) is 5.73 Å². The van der Waals surface area contributed by atoms with E-state index in [0.29, 0.717) is 4.47 Å². The molecule has 0 bridgehead atoms. The number of nitrogens with two attached hydrogens (primary N) is 1. The highest BCUT2D eigenvalue weighted by molar-refractivity contribution is 9.10. The fourth-order valence-corrected chi connectivity index (χ4v) is 1.12. The summed E-state index contributed by atoms with van der Waals surface area (Å²) in [5, 5.41) is 0. The summed E-state index contributed by atoms with van der Waals surface area (Å²) in [4.78, 5) is 0. The molecule has 1 aromatic rings. The topological polar surface area (TPSA) is 26.0 Å². The van der Waals surface area contributed by atoms with Crippen LogP contribution in [0, 0.1) is 0 Å². The van der Waals surface area contributed by atoms with Crippen molar-refractivity contribution in [1.82, 2.24) is 0 Å². The van der Waals surface area contributed by atoms with Gasteiger partial charge in [-0.3, -0.25) is 0 Å². The average Bonchev–Trinajstić information content (AvgIpc) is 1.85. The van der Waals surface area contributed by atoms with Crippen molar-refractivity contribution in [2.75, 3.05) is 5.73 Å². The van der Waals surface area contributed by atoms with Gasteiger partial charge in [0.25, 0.3) is 6.43 Å². The lowest BCUT2D eigenvalue weighted by Gasteiger charge is -2.03. The molecule has 1 nitrogen and oxygen atoms in total. The molecule has 0 spiro atoms. The van der Waals surface area contributed by atoms with Gasteiger partial charge in [-0.2, -0.15) is 0 Å². The largest absolute Gasteiger partial charge is 0.398 e. The Hall–Kier alpha value is -0.640. The summed E-state index contributed by atoms with van der Waals surface area (Å²) < 4.78 is 24.8. The normalized spacial score (nSPS) is 10.5. The van der Waals surface area contributed by atoms with E-state index in [1.54, 1.807) is 0 Å². The van der Waals surface area contributed by atoms with E-state index >= 15 is 0 Å². The maximum absolute atomic E-state index is 12.1. The molecule has 0 heterocycles. The summed E-state index contributed by atoms with van der Waals surface area (Å²) in [5.41, 5.74) is 5.31. The molecule has 0 aliphatic carbocycles. The summed E-state index contributed by atoms with van der Waals surface area (Å²) in [5.74, 6) is 0. The smallest absolute Gasteiger partial charge is 0.265 e. The van der Waals surface area contributed by atoms with E-state index in [1.807, 2.05) is 0 Å². The number of nitrogen functional groups attached to an aromatic ring is 1. The third kappa shape index (κ3) is 1.89. The van der Waals surface area contributed by atoms with Crippen molar-refractivity contribution in [1.29, 1.82) is 0 Å². The summed E-state index contributed by atoms with van der Waals surface area (Å²) in [6.07, 6.45) is -2.50. The number of hydrogen-bond donors (Lipinski definition) is 1. The van der Waals surface area contributed by atoms with Crippen molar-refractivity contribution >= 4 is 21.6 Å². The Morgan fingerprint density at radius 2 is 2.00 bits per heavy atom. The van der Waals surface area contributed by atoms with Crippen molar-refractivity contribution in [2.24, 2.45) is 0 Å². The number of rotatable bonds is 1. The molecule has 2 N–H and O–H groups in total. The molecule has 1 rings (SSSR count). The summed E-state index contributed by atoms with van der Waals surface area (Å²) >= 11 is 3.12. The van der Waals surface area contributed by atoms with Crippen LogP contribution in [-0.4, -0.2) is 0 Å². The number of alkyl halides is 2. The minimum absolute atomic E-state index is 0.117. The van der Waals surface area contributed by atoms with Gasteiger partial charge in [0.1, 0.15) is 0 Å². The Morgan fingerprint density at radius 1 is 1.36 bits per heavy atom. The van der Waals surface area contributed by atoms with Gasteiger partial charge in [0.15, 0.2) is 0 Å². The van der Waals surface area contributed by atoms with Gasteiger partial charge in [-0.1, -0.05) is 22.0 Å². The van der Waals surface area contributed by atoms with Gasteiger partial charge in [0.05, 0.1) is 0 Å². The van der Waals surface area contributed by atoms with Crippen LogP contribution in [0.1, 0.15) is 12.0 Å². The Morgan fingerprint density at radius 3 is 2.45 bits per heavy atom. The van der Waals surface area contributed by atoms with Crippen LogP contribution in [0.25, 0.3) is 0 Å². The van der Waals surface area contributed by atoms with Crippen LogP contribution in [0.15, 0.2) is 22.7 Å². The number of benzene rings is 1. The maximum atomic E-state index is 12.1. The second-order valence-electron chi connectivity index (χ2n) is 2.07. The molecule has 0 saturated heterocycles. The van der Waals surface area contributed by atoms with Gasteiger partial charge < -0.3 is 5.73 Å². The van der Waals surface area contributed by atoms with E-state index in [9.17, 15) is 8.78 Å². The highest BCUT2D eigenvalue weighted by Crippen LogP contribution is 2.27. The predicted molar refractivity (Wildman–Crippen MR) is 43.5 cm³/mol. The molecular formula is C7H6BrF2N. The first kappa shape index (κ1) is 8.46. The summed E-state index contributed by atoms with van der Waals surface area (Å²) in [6.45, 7) is 0. The summed E-state index contributed by atoms with van der Waals surface area (Å²) in [7, 11) is 0. The van der Waals surface area contributed by atoms with Gasteiger partial charge in [-0.05, 0) is 12.1 Å². The third-order valence-electron chi connectivity index (χ3n) is 1.28. The Kier molecular flexibility index (Phi) is 2.44. The zero-order chi connectivity index (χ0) is 8.43. The monoisotopic (exact) mass is 221 g/mol. The average molecular weight is 222 g/mol. The molecule has 0 saturated carbocycles. The molecule has 4 heteroatoms. The molecule has 11 heavy (non-hydrogen) atoms. The lowest BCUT2D eigenvalue weighted by atomic mass is 10.2. The van der Waals surface area contributed by atoms with E-state index in [0.717, 1.165) is 0 Å². The van der Waals surface area contributed by atoms with Gasteiger partial charge >= 0.3 is 0 Å². The molecule has 0 aliphatic rings. The van der Waals surface area contributed by atoms with Crippen LogP contribution >= 0.6 is 15.9 Å². The number of halogens is 3. The highest BCUT2D eigenvalue weighted by Gasteiger charge is 2.09. The quantitative estimate of drug-likeness (QED) is 0.726. The fourth-order valence-electron chi connectivity index (χ4n) is 0.744. The second-order valence-corrected chi connectivity index (χ2v) is 2.99. The number of hydrogen-bond acceptors (Lipinski definition) is 1. The molecule has 0 aliphatic heterocycles. The van der Waals surface area contributed by atoms with Crippen molar-refractivity contribution in [2.45, 2.75) is 6.43 Å². The van der Waals surface area contributed by atoms with Crippen molar-refractivity contribution < 1.29 is 8.78 Å². The van der Waals surface area contributed by atoms with Crippen LogP contribution in [-0.2, 0) is 0 Å². The van der Waals surface area contributed by atoms with E-state index < -0.39 is 6.43 Å². The van der Waals surface area contributed by atoms with E-state index in [1.165, 1.54) is 18.2 Å². The SMILES string of the molecule is Nc1cc(Br)ccc1C(F)F. The van der Waals surface area contributed by atoms with E-state index in [-0.39, 0.29) is 11.3 Å². The lowest BCUT2D eigenvalue weighted by molar-refractivity contribution is 0.152. The molecule has 60 valence electrons. The van der Waals surface area contributed by atoms with Crippen molar-refractivity contribution in [3.8, 4) is 0 Å². The molecule has 0 unspecified atom stereocenters. The summed E-state index contributed by atoms with van der Waals surface area (Å²) in [6, 6.07) is 4.31. The van der Waals surface area contributed by atoms with Crippen LogP contribution in [0.3, 0.4) is 0 Å². The van der Waals surface area contributed by atoms with Crippen LogP contribution < -0.4 is 5.73 Å². The Balaban J connectivity index is 3.09. The van der Waals surface area contributed by atoms with E-state index in [2.05, 4.69) is 15.9 Å². The predicted octanol–water partition coefficient (Wildman–Crippen LogP) is 2.97. The standard InChI is InChI=1S/C7H6BrF2N/c8-4-1-2-5(7(9)10)6(11)3-4/h1-3,7H,11H2. The molecule has 0 amide bonds. The van der Waals surface area contributed by atoms with Crippen LogP contribution in [0.2, 0.25) is 0 Å². The molecule has 0 aromatic heterocycles. The van der Waals surface area contributed by atoms with Crippen LogP contribution in [0.5, 0.6) is 0 Å². The first-order valence-electron chi connectivity index (χ1n) is 2.94. The lowest BCUT2D eigenvalue weighted by Crippen LogP contribution is -1.93.